The molecule has 16 heavy (non-hydrogen) atoms. The maximum absolute atomic E-state index is 11.8. The van der Waals surface area contributed by atoms with E-state index in [4.69, 9.17) is 34.8 Å². The van der Waals surface area contributed by atoms with Crippen molar-refractivity contribution in [3.05, 3.63) is 34.9 Å². The minimum Gasteiger partial charge on any atom is -0.290 e. The van der Waals surface area contributed by atoms with Gasteiger partial charge in [-0.1, -0.05) is 46.9 Å². The summed E-state index contributed by atoms with van der Waals surface area (Å²) in [7, 11) is -3.92. The van der Waals surface area contributed by atoms with Crippen LogP contribution in [0, 0.1) is 0 Å². The van der Waals surface area contributed by atoms with E-state index >= 15 is 0 Å². The monoisotopic (exact) mass is 300 g/mol. The predicted molar refractivity (Wildman–Crippen MR) is 65.1 cm³/mol. The summed E-state index contributed by atoms with van der Waals surface area (Å²) in [4.78, 5) is 11.8. The largest absolute Gasteiger partial charge is 0.290 e. The first kappa shape index (κ1) is 13.8. The van der Waals surface area contributed by atoms with E-state index in [9.17, 15) is 13.2 Å². The molecule has 0 saturated carbocycles. The summed E-state index contributed by atoms with van der Waals surface area (Å²) in [5.74, 6) is -0.916. The Balaban J connectivity index is 3.23. The highest BCUT2D eigenvalue weighted by molar-refractivity contribution is 7.95. The first-order chi connectivity index (χ1) is 7.16. The molecule has 0 N–H and O–H groups in total. The van der Waals surface area contributed by atoms with Crippen LogP contribution in [-0.4, -0.2) is 24.1 Å². The highest BCUT2D eigenvalue weighted by Gasteiger charge is 2.44. The number of alkyl halides is 2. The zero-order chi connectivity index (χ0) is 12.6. The molecule has 0 aliphatic carbocycles. The number of rotatable bonds is 3. The van der Waals surface area contributed by atoms with E-state index < -0.39 is 19.3 Å². The first-order valence-corrected chi connectivity index (χ1v) is 7.06. The van der Waals surface area contributed by atoms with Crippen LogP contribution in [0.5, 0.6) is 0 Å². The molecule has 0 heterocycles. The smallest absolute Gasteiger partial charge is 0.280 e. The minimum absolute atomic E-state index is 0.0444. The molecule has 0 spiro atoms. The van der Waals surface area contributed by atoms with Gasteiger partial charge in [0.15, 0.2) is 9.84 Å². The van der Waals surface area contributed by atoms with Gasteiger partial charge in [0.1, 0.15) is 0 Å². The van der Waals surface area contributed by atoms with E-state index in [0.717, 1.165) is 6.26 Å². The van der Waals surface area contributed by atoms with Crippen LogP contribution in [0.15, 0.2) is 24.3 Å². The Labute approximate surface area is 108 Å². The van der Waals surface area contributed by atoms with Gasteiger partial charge in [-0.15, -0.1) is 0 Å². The SMILES string of the molecule is CS(=O)(=O)C(Cl)(Cl)C(=O)c1cccc(Cl)c1. The summed E-state index contributed by atoms with van der Waals surface area (Å²) >= 11 is 16.7. The number of benzene rings is 1. The Morgan fingerprint density at radius 3 is 2.31 bits per heavy atom. The average molecular weight is 302 g/mol. The van der Waals surface area contributed by atoms with Crippen LogP contribution in [0.4, 0.5) is 0 Å². The quantitative estimate of drug-likeness (QED) is 0.637. The number of hydrogen-bond acceptors (Lipinski definition) is 3. The number of Topliss-reactive ketones (excluding diaryl/α,β-unsaturated/α-hetero) is 1. The number of sulfone groups is 1. The molecule has 0 radical (unpaired) electrons. The van der Waals surface area contributed by atoms with Crippen LogP contribution >= 0.6 is 34.8 Å². The number of carbonyl (C=O) groups excluding carboxylic acids is 1. The second-order valence-electron chi connectivity index (χ2n) is 3.13. The molecule has 88 valence electrons. The zero-order valence-corrected chi connectivity index (χ0v) is 11.2. The van der Waals surface area contributed by atoms with Crippen LogP contribution in [-0.2, 0) is 9.84 Å². The lowest BCUT2D eigenvalue weighted by Crippen LogP contribution is -2.34. The summed E-state index contributed by atoms with van der Waals surface area (Å²) in [5, 5.41) is 0.295. The third-order valence-corrected chi connectivity index (χ3v) is 5.19. The lowest BCUT2D eigenvalue weighted by molar-refractivity contribution is 0.0996. The van der Waals surface area contributed by atoms with E-state index in [1.165, 1.54) is 18.2 Å². The van der Waals surface area contributed by atoms with Crippen molar-refractivity contribution in [3.8, 4) is 0 Å². The lowest BCUT2D eigenvalue weighted by Gasteiger charge is -2.15. The summed E-state index contributed by atoms with van der Waals surface area (Å²) in [6.45, 7) is 0. The molecule has 0 unspecified atom stereocenters. The van der Waals surface area contributed by atoms with Crippen molar-refractivity contribution >= 4 is 50.4 Å². The fourth-order valence-electron chi connectivity index (χ4n) is 0.966. The molecule has 0 aromatic heterocycles. The highest BCUT2D eigenvalue weighted by Crippen LogP contribution is 2.32. The minimum atomic E-state index is -3.92. The van der Waals surface area contributed by atoms with Gasteiger partial charge in [-0.2, -0.15) is 0 Å². The molecule has 0 atom stereocenters. The normalized spacial score (nSPS) is 12.5. The molecular weight excluding hydrogens is 295 g/mol. The Morgan fingerprint density at radius 2 is 1.88 bits per heavy atom. The standard InChI is InChI=1S/C9H7Cl3O3S/c1-16(14,15)9(11,12)8(13)6-3-2-4-7(10)5-6/h2-5H,1H3. The van der Waals surface area contributed by atoms with E-state index in [-0.39, 0.29) is 5.56 Å². The number of ketones is 1. The first-order valence-electron chi connectivity index (χ1n) is 4.04. The zero-order valence-electron chi connectivity index (χ0n) is 8.08. The van der Waals surface area contributed by atoms with E-state index in [2.05, 4.69) is 0 Å². The third kappa shape index (κ3) is 2.69. The molecule has 1 aromatic rings. The molecule has 0 aliphatic heterocycles. The summed E-state index contributed by atoms with van der Waals surface area (Å²) in [6.07, 6.45) is 0.787. The van der Waals surface area contributed by atoms with E-state index in [1.807, 2.05) is 0 Å². The van der Waals surface area contributed by atoms with Gasteiger partial charge in [-0.3, -0.25) is 4.79 Å². The average Bonchev–Trinajstić information content (AvgIpc) is 2.14. The molecule has 1 rings (SSSR count). The van der Waals surface area contributed by atoms with Crippen molar-refractivity contribution in [1.82, 2.24) is 0 Å². The summed E-state index contributed by atoms with van der Waals surface area (Å²) in [5.41, 5.74) is 0.0444. The van der Waals surface area contributed by atoms with Crippen LogP contribution in [0.2, 0.25) is 5.02 Å². The van der Waals surface area contributed by atoms with Gasteiger partial charge in [0.05, 0.1) is 0 Å². The Morgan fingerprint density at radius 1 is 1.31 bits per heavy atom. The molecule has 1 aromatic carbocycles. The molecule has 0 fully saturated rings. The summed E-state index contributed by atoms with van der Waals surface area (Å²) < 4.78 is 20.0. The number of halogens is 3. The van der Waals surface area contributed by atoms with Crippen molar-refractivity contribution in [2.45, 2.75) is 3.67 Å². The van der Waals surface area contributed by atoms with Crippen LogP contribution in [0.25, 0.3) is 0 Å². The predicted octanol–water partition coefficient (Wildman–Crippen LogP) is 2.70. The van der Waals surface area contributed by atoms with Crippen molar-refractivity contribution in [2.24, 2.45) is 0 Å². The van der Waals surface area contributed by atoms with Gasteiger partial charge < -0.3 is 0 Å². The van der Waals surface area contributed by atoms with Crippen LogP contribution in [0.3, 0.4) is 0 Å². The van der Waals surface area contributed by atoms with Crippen molar-refractivity contribution in [1.29, 1.82) is 0 Å². The molecule has 0 aliphatic rings. The second-order valence-corrected chi connectivity index (χ2v) is 7.50. The summed E-state index contributed by atoms with van der Waals surface area (Å²) in [6, 6.07) is 5.73. The topological polar surface area (TPSA) is 51.2 Å². The van der Waals surface area contributed by atoms with Crippen LogP contribution in [0.1, 0.15) is 10.4 Å². The van der Waals surface area contributed by atoms with Gasteiger partial charge in [0.2, 0.25) is 5.78 Å². The highest BCUT2D eigenvalue weighted by atomic mass is 35.5. The van der Waals surface area contributed by atoms with Gasteiger partial charge in [0, 0.05) is 16.8 Å². The Bertz CT molecular complexity index is 523. The molecule has 0 bridgehead atoms. The lowest BCUT2D eigenvalue weighted by atomic mass is 10.1. The molecule has 3 nitrogen and oxygen atoms in total. The van der Waals surface area contributed by atoms with Gasteiger partial charge in [-0.25, -0.2) is 8.42 Å². The van der Waals surface area contributed by atoms with Gasteiger partial charge >= 0.3 is 0 Å². The third-order valence-electron chi connectivity index (χ3n) is 1.82. The van der Waals surface area contributed by atoms with E-state index in [0.29, 0.717) is 5.02 Å². The van der Waals surface area contributed by atoms with E-state index in [1.54, 1.807) is 6.07 Å². The molecular formula is C9H7Cl3O3S. The maximum Gasteiger partial charge on any atom is 0.280 e. The van der Waals surface area contributed by atoms with Gasteiger partial charge in [-0.05, 0) is 12.1 Å². The number of carbonyl (C=O) groups is 1. The fourth-order valence-corrected chi connectivity index (χ4v) is 1.83. The second kappa shape index (κ2) is 4.53. The number of hydrogen-bond donors (Lipinski definition) is 0. The van der Waals surface area contributed by atoms with Gasteiger partial charge in [0.25, 0.3) is 3.67 Å². The Kier molecular flexibility index (Phi) is 3.90. The van der Waals surface area contributed by atoms with Crippen molar-refractivity contribution in [2.75, 3.05) is 6.26 Å². The van der Waals surface area contributed by atoms with Crippen molar-refractivity contribution in [3.63, 3.8) is 0 Å². The molecule has 7 heteroatoms. The van der Waals surface area contributed by atoms with Crippen molar-refractivity contribution < 1.29 is 13.2 Å². The molecule has 0 saturated heterocycles. The van der Waals surface area contributed by atoms with Crippen LogP contribution < -0.4 is 0 Å². The molecule has 0 amide bonds. The maximum atomic E-state index is 11.8. The fraction of sp³-hybridized carbons (Fsp3) is 0.222. The Hall–Kier alpha value is -0.290.